The highest BCUT2D eigenvalue weighted by Gasteiger charge is 2.15. The first-order valence-electron chi connectivity index (χ1n) is 5.06. The number of carbonyl (C=O) groups is 2. The minimum Gasteiger partial charge on any atom is -0.294 e. The number of thiophene rings is 1. The second kappa shape index (κ2) is 5.29. The standard InChI is InChI=1S/C13H10O2S2/c14-10(9-4-1-2-5-12(9)16)8-11(15)13-6-3-7-17-13/h1-7,16H,8H2. The van der Waals surface area contributed by atoms with Gasteiger partial charge in [-0.05, 0) is 17.5 Å². The monoisotopic (exact) mass is 262 g/mol. The molecule has 0 N–H and O–H groups in total. The van der Waals surface area contributed by atoms with E-state index in [0.717, 1.165) is 0 Å². The molecule has 1 heterocycles. The molecule has 0 fully saturated rings. The number of hydrogen-bond acceptors (Lipinski definition) is 4. The van der Waals surface area contributed by atoms with E-state index in [4.69, 9.17) is 0 Å². The lowest BCUT2D eigenvalue weighted by Crippen LogP contribution is -2.08. The maximum atomic E-state index is 11.9. The van der Waals surface area contributed by atoms with E-state index >= 15 is 0 Å². The Bertz CT molecular complexity index is 544. The highest BCUT2D eigenvalue weighted by Crippen LogP contribution is 2.17. The van der Waals surface area contributed by atoms with Gasteiger partial charge < -0.3 is 0 Å². The third-order valence-electron chi connectivity index (χ3n) is 2.32. The Morgan fingerprint density at radius 2 is 1.82 bits per heavy atom. The molecule has 2 nitrogen and oxygen atoms in total. The number of ketones is 2. The van der Waals surface area contributed by atoms with Crippen LogP contribution in [0, 0.1) is 0 Å². The van der Waals surface area contributed by atoms with Gasteiger partial charge in [-0.25, -0.2) is 0 Å². The molecule has 0 bridgehead atoms. The molecule has 0 saturated heterocycles. The van der Waals surface area contributed by atoms with Gasteiger partial charge in [0.2, 0.25) is 0 Å². The van der Waals surface area contributed by atoms with Crippen molar-refractivity contribution in [1.82, 2.24) is 0 Å². The summed E-state index contributed by atoms with van der Waals surface area (Å²) in [5.74, 6) is -0.324. The first kappa shape index (κ1) is 12.1. The third kappa shape index (κ3) is 2.84. The van der Waals surface area contributed by atoms with Gasteiger partial charge in [-0.3, -0.25) is 9.59 Å². The van der Waals surface area contributed by atoms with Gasteiger partial charge in [0.25, 0.3) is 0 Å². The molecule has 0 unspecified atom stereocenters. The summed E-state index contributed by atoms with van der Waals surface area (Å²) in [6, 6.07) is 10.5. The lowest BCUT2D eigenvalue weighted by atomic mass is 10.1. The Morgan fingerprint density at radius 1 is 1.06 bits per heavy atom. The fraction of sp³-hybridized carbons (Fsp3) is 0.0769. The van der Waals surface area contributed by atoms with E-state index in [1.54, 1.807) is 36.4 Å². The van der Waals surface area contributed by atoms with Crippen molar-refractivity contribution in [2.45, 2.75) is 11.3 Å². The van der Waals surface area contributed by atoms with Gasteiger partial charge in [0.1, 0.15) is 0 Å². The van der Waals surface area contributed by atoms with E-state index in [1.807, 2.05) is 5.38 Å². The molecular formula is C13H10O2S2. The van der Waals surface area contributed by atoms with Crippen LogP contribution in [-0.4, -0.2) is 11.6 Å². The summed E-state index contributed by atoms with van der Waals surface area (Å²) in [6.45, 7) is 0. The van der Waals surface area contributed by atoms with E-state index in [2.05, 4.69) is 12.6 Å². The number of benzene rings is 1. The summed E-state index contributed by atoms with van der Waals surface area (Å²) in [5.41, 5.74) is 0.501. The van der Waals surface area contributed by atoms with Crippen LogP contribution in [0.15, 0.2) is 46.7 Å². The summed E-state index contributed by atoms with van der Waals surface area (Å²) in [5, 5.41) is 1.82. The Kier molecular flexibility index (Phi) is 3.76. The average molecular weight is 262 g/mol. The highest BCUT2D eigenvalue weighted by molar-refractivity contribution is 7.80. The molecule has 0 aliphatic rings. The van der Waals surface area contributed by atoms with Crippen molar-refractivity contribution in [1.29, 1.82) is 0 Å². The molecule has 86 valence electrons. The normalized spacial score (nSPS) is 10.2. The number of Topliss-reactive ketones (excluding diaryl/α,β-unsaturated/α-hetero) is 2. The second-order valence-electron chi connectivity index (χ2n) is 3.52. The quantitative estimate of drug-likeness (QED) is 0.520. The van der Waals surface area contributed by atoms with Crippen LogP contribution >= 0.6 is 24.0 Å². The van der Waals surface area contributed by atoms with E-state index < -0.39 is 0 Å². The van der Waals surface area contributed by atoms with E-state index in [9.17, 15) is 9.59 Å². The SMILES string of the molecule is O=C(CC(=O)c1ccccc1S)c1cccs1. The topological polar surface area (TPSA) is 34.1 Å². The minimum atomic E-state index is -0.186. The maximum absolute atomic E-state index is 11.9. The van der Waals surface area contributed by atoms with E-state index in [0.29, 0.717) is 15.3 Å². The van der Waals surface area contributed by atoms with Crippen molar-refractivity contribution in [2.24, 2.45) is 0 Å². The summed E-state index contributed by atoms with van der Waals surface area (Å²) in [7, 11) is 0. The molecule has 2 aromatic rings. The Labute approximate surface area is 109 Å². The zero-order valence-corrected chi connectivity index (χ0v) is 10.6. The second-order valence-corrected chi connectivity index (χ2v) is 4.95. The minimum absolute atomic E-state index is 0.0991. The van der Waals surface area contributed by atoms with Crippen LogP contribution in [0.4, 0.5) is 0 Å². The van der Waals surface area contributed by atoms with Gasteiger partial charge in [0.05, 0.1) is 11.3 Å². The smallest absolute Gasteiger partial charge is 0.180 e. The predicted octanol–water partition coefficient (Wildman–Crippen LogP) is 3.49. The summed E-state index contributed by atoms with van der Waals surface area (Å²) in [6.07, 6.45) is -0.0991. The highest BCUT2D eigenvalue weighted by atomic mass is 32.1. The van der Waals surface area contributed by atoms with Crippen LogP contribution in [-0.2, 0) is 0 Å². The Balaban J connectivity index is 2.13. The molecule has 1 aromatic carbocycles. The van der Waals surface area contributed by atoms with Gasteiger partial charge in [-0.2, -0.15) is 0 Å². The maximum Gasteiger partial charge on any atom is 0.180 e. The van der Waals surface area contributed by atoms with Gasteiger partial charge in [0, 0.05) is 10.5 Å². The van der Waals surface area contributed by atoms with Crippen LogP contribution < -0.4 is 0 Å². The molecule has 0 saturated carbocycles. The molecule has 0 radical (unpaired) electrons. The fourth-order valence-corrected chi connectivity index (χ4v) is 2.42. The largest absolute Gasteiger partial charge is 0.294 e. The van der Waals surface area contributed by atoms with Crippen molar-refractivity contribution in [3.05, 3.63) is 52.2 Å². The molecule has 4 heteroatoms. The Morgan fingerprint density at radius 3 is 2.47 bits per heavy atom. The van der Waals surface area contributed by atoms with Crippen molar-refractivity contribution >= 4 is 35.5 Å². The summed E-state index contributed by atoms with van der Waals surface area (Å²) in [4.78, 5) is 24.9. The summed E-state index contributed by atoms with van der Waals surface area (Å²) >= 11 is 5.56. The lowest BCUT2D eigenvalue weighted by Gasteiger charge is -2.02. The Hall–Kier alpha value is -1.39. The number of rotatable bonds is 4. The van der Waals surface area contributed by atoms with Gasteiger partial charge in [0.15, 0.2) is 11.6 Å². The van der Waals surface area contributed by atoms with Gasteiger partial charge >= 0.3 is 0 Å². The van der Waals surface area contributed by atoms with Crippen LogP contribution in [0.2, 0.25) is 0 Å². The molecule has 1 aromatic heterocycles. The van der Waals surface area contributed by atoms with Gasteiger partial charge in [-0.1, -0.05) is 24.3 Å². The molecule has 0 amide bonds. The molecular weight excluding hydrogens is 252 g/mol. The number of hydrogen-bond donors (Lipinski definition) is 1. The van der Waals surface area contributed by atoms with E-state index in [1.165, 1.54) is 11.3 Å². The van der Waals surface area contributed by atoms with Crippen LogP contribution in [0.1, 0.15) is 26.5 Å². The molecule has 0 aliphatic heterocycles. The molecule has 17 heavy (non-hydrogen) atoms. The fourth-order valence-electron chi connectivity index (χ4n) is 1.47. The molecule has 0 spiro atoms. The number of carbonyl (C=O) groups excluding carboxylic acids is 2. The van der Waals surface area contributed by atoms with Crippen molar-refractivity contribution in [2.75, 3.05) is 0 Å². The third-order valence-corrected chi connectivity index (χ3v) is 3.62. The lowest BCUT2D eigenvalue weighted by molar-refractivity contribution is 0.0895. The molecule has 0 aliphatic carbocycles. The predicted molar refractivity (Wildman–Crippen MR) is 71.3 cm³/mol. The van der Waals surface area contributed by atoms with Crippen molar-refractivity contribution < 1.29 is 9.59 Å². The van der Waals surface area contributed by atoms with Crippen molar-refractivity contribution in [3.8, 4) is 0 Å². The first-order valence-corrected chi connectivity index (χ1v) is 6.39. The first-order chi connectivity index (χ1) is 8.18. The zero-order valence-electron chi connectivity index (χ0n) is 8.92. The molecule has 2 rings (SSSR count). The number of thiol groups is 1. The van der Waals surface area contributed by atoms with Crippen LogP contribution in [0.25, 0.3) is 0 Å². The van der Waals surface area contributed by atoms with Gasteiger partial charge in [-0.15, -0.1) is 24.0 Å². The van der Waals surface area contributed by atoms with Crippen molar-refractivity contribution in [3.63, 3.8) is 0 Å². The zero-order chi connectivity index (χ0) is 12.3. The summed E-state index contributed by atoms with van der Waals surface area (Å²) < 4.78 is 0. The molecule has 0 atom stereocenters. The van der Waals surface area contributed by atoms with E-state index in [-0.39, 0.29) is 18.0 Å². The average Bonchev–Trinajstić information content (AvgIpc) is 2.82. The van der Waals surface area contributed by atoms with Crippen LogP contribution in [0.5, 0.6) is 0 Å². The van der Waals surface area contributed by atoms with Crippen LogP contribution in [0.3, 0.4) is 0 Å².